The molecule has 0 aliphatic carbocycles. The molecule has 0 aliphatic heterocycles. The van der Waals surface area contributed by atoms with Gasteiger partial charge in [0.2, 0.25) is 5.82 Å². The van der Waals surface area contributed by atoms with Gasteiger partial charge in [-0.1, -0.05) is 37.6 Å². The zero-order chi connectivity index (χ0) is 18.5. The summed E-state index contributed by atoms with van der Waals surface area (Å²) >= 11 is 0. The summed E-state index contributed by atoms with van der Waals surface area (Å²) in [5, 5.41) is 2.86. The topological polar surface area (TPSA) is 66.7 Å². The molecule has 0 spiro atoms. The first kappa shape index (κ1) is 17.7. The fourth-order valence-corrected chi connectivity index (χ4v) is 2.74. The van der Waals surface area contributed by atoms with E-state index in [1.165, 1.54) is 4.90 Å². The summed E-state index contributed by atoms with van der Waals surface area (Å²) in [5.41, 5.74) is 1.64. The third kappa shape index (κ3) is 3.44. The number of amides is 2. The van der Waals surface area contributed by atoms with E-state index < -0.39 is 0 Å². The number of nitrogens with one attached hydrogen (secondary N) is 1. The molecule has 0 atom stereocenters. The normalized spacial score (nSPS) is 10.7. The molecule has 0 fully saturated rings. The highest BCUT2D eigenvalue weighted by Gasteiger charge is 2.24. The number of nitrogens with zero attached hydrogens (tertiary/aromatic N) is 3. The lowest BCUT2D eigenvalue weighted by Crippen LogP contribution is -2.28. The van der Waals surface area contributed by atoms with Gasteiger partial charge in [0.1, 0.15) is 0 Å². The summed E-state index contributed by atoms with van der Waals surface area (Å²) in [6, 6.07) is 14.8. The van der Waals surface area contributed by atoms with E-state index >= 15 is 0 Å². The molecule has 3 rings (SSSR count). The number of pyridine rings is 1. The Labute approximate surface area is 152 Å². The number of hydrogen-bond acceptors (Lipinski definition) is 3. The summed E-state index contributed by atoms with van der Waals surface area (Å²) < 4.78 is 1.66. The molecule has 0 saturated heterocycles. The highest BCUT2D eigenvalue weighted by atomic mass is 16.2. The summed E-state index contributed by atoms with van der Waals surface area (Å²) in [6.07, 6.45) is 3.64. The molecule has 26 heavy (non-hydrogen) atoms. The van der Waals surface area contributed by atoms with Crippen LogP contribution in [-0.4, -0.2) is 34.8 Å². The molecule has 0 aliphatic rings. The summed E-state index contributed by atoms with van der Waals surface area (Å²) in [4.78, 5) is 31.4. The Morgan fingerprint density at radius 1 is 1.12 bits per heavy atom. The fourth-order valence-electron chi connectivity index (χ4n) is 2.74. The lowest BCUT2D eigenvalue weighted by atomic mass is 10.2. The molecule has 0 unspecified atom stereocenters. The maximum atomic E-state index is 13.0. The molecule has 2 heterocycles. The second-order valence-electron chi connectivity index (χ2n) is 6.05. The van der Waals surface area contributed by atoms with E-state index in [0.29, 0.717) is 12.1 Å². The number of anilines is 1. The van der Waals surface area contributed by atoms with Gasteiger partial charge in [-0.25, -0.2) is 4.98 Å². The van der Waals surface area contributed by atoms with Crippen LogP contribution >= 0.6 is 0 Å². The zero-order valence-corrected chi connectivity index (χ0v) is 15.0. The molecule has 1 N–H and O–H groups in total. The second kappa shape index (κ2) is 7.82. The first-order valence-corrected chi connectivity index (χ1v) is 8.72. The van der Waals surface area contributed by atoms with Crippen LogP contribution in [0.3, 0.4) is 0 Å². The van der Waals surface area contributed by atoms with Crippen LogP contribution in [-0.2, 0) is 0 Å². The molecular formula is C20H22N4O2. The maximum Gasteiger partial charge on any atom is 0.287 e. The number of carbonyl (C=O) groups is 2. The van der Waals surface area contributed by atoms with Crippen LogP contribution in [0.2, 0.25) is 0 Å². The first-order valence-electron chi connectivity index (χ1n) is 8.72. The van der Waals surface area contributed by atoms with Crippen molar-refractivity contribution < 1.29 is 9.59 Å². The van der Waals surface area contributed by atoms with Crippen LogP contribution < -0.4 is 10.2 Å². The van der Waals surface area contributed by atoms with Gasteiger partial charge in [-0.2, -0.15) is 0 Å². The Bertz CT molecular complexity index is 918. The van der Waals surface area contributed by atoms with Crippen molar-refractivity contribution in [1.29, 1.82) is 0 Å². The lowest BCUT2D eigenvalue weighted by Gasteiger charge is -2.16. The van der Waals surface area contributed by atoms with Crippen molar-refractivity contribution in [2.75, 3.05) is 18.5 Å². The minimum atomic E-state index is -0.277. The molecule has 2 amide bonds. The van der Waals surface area contributed by atoms with Crippen LogP contribution in [0.1, 0.15) is 40.9 Å². The van der Waals surface area contributed by atoms with Gasteiger partial charge in [-0.05, 0) is 30.7 Å². The number of hydrogen-bond donors (Lipinski definition) is 1. The van der Waals surface area contributed by atoms with Gasteiger partial charge >= 0.3 is 0 Å². The third-order valence-electron chi connectivity index (χ3n) is 4.22. The Morgan fingerprint density at radius 2 is 1.85 bits per heavy atom. The molecule has 0 radical (unpaired) electrons. The van der Waals surface area contributed by atoms with Gasteiger partial charge < -0.3 is 10.2 Å². The average Bonchev–Trinajstić information content (AvgIpc) is 3.07. The van der Waals surface area contributed by atoms with Gasteiger partial charge in [0.05, 0.1) is 5.52 Å². The van der Waals surface area contributed by atoms with Crippen LogP contribution in [0.4, 0.5) is 5.69 Å². The van der Waals surface area contributed by atoms with Crippen LogP contribution in [0, 0.1) is 0 Å². The number of fused-ring (bicyclic) bond motifs is 1. The largest absolute Gasteiger partial charge is 0.349 e. The molecule has 3 aromatic rings. The minimum absolute atomic E-state index is 0.224. The third-order valence-corrected chi connectivity index (χ3v) is 4.22. The number of rotatable bonds is 6. The zero-order valence-electron chi connectivity index (χ0n) is 15.0. The van der Waals surface area contributed by atoms with Crippen molar-refractivity contribution in [3.63, 3.8) is 0 Å². The maximum absolute atomic E-state index is 13.0. The highest BCUT2D eigenvalue weighted by molar-refractivity contribution is 6.10. The molecule has 134 valence electrons. The summed E-state index contributed by atoms with van der Waals surface area (Å²) in [7, 11) is 1.70. The van der Waals surface area contributed by atoms with Gasteiger partial charge in [0.15, 0.2) is 5.69 Å². The van der Waals surface area contributed by atoms with Crippen molar-refractivity contribution in [3.8, 4) is 0 Å². The Morgan fingerprint density at radius 3 is 2.58 bits per heavy atom. The van der Waals surface area contributed by atoms with Crippen molar-refractivity contribution in [2.24, 2.45) is 0 Å². The van der Waals surface area contributed by atoms with Crippen LogP contribution in [0.25, 0.3) is 5.52 Å². The van der Waals surface area contributed by atoms with E-state index in [1.807, 2.05) is 42.5 Å². The SMILES string of the molecule is CCCCNC(=O)c1nc(C(=O)N(C)c2ccccc2)c2ccccn12. The molecule has 0 bridgehead atoms. The molecule has 6 nitrogen and oxygen atoms in total. The minimum Gasteiger partial charge on any atom is -0.349 e. The van der Waals surface area contributed by atoms with E-state index in [9.17, 15) is 9.59 Å². The molecular weight excluding hydrogens is 328 g/mol. The molecule has 6 heteroatoms. The van der Waals surface area contributed by atoms with Crippen LogP contribution in [0.15, 0.2) is 54.7 Å². The monoisotopic (exact) mass is 350 g/mol. The van der Waals surface area contributed by atoms with Crippen molar-refractivity contribution in [2.45, 2.75) is 19.8 Å². The number of benzene rings is 1. The van der Waals surface area contributed by atoms with Gasteiger partial charge in [-0.15, -0.1) is 0 Å². The van der Waals surface area contributed by atoms with E-state index in [2.05, 4.69) is 17.2 Å². The van der Waals surface area contributed by atoms with Crippen molar-refractivity contribution in [3.05, 3.63) is 66.2 Å². The van der Waals surface area contributed by atoms with Gasteiger partial charge in [-0.3, -0.25) is 14.0 Å². The average molecular weight is 350 g/mol. The predicted molar refractivity (Wildman–Crippen MR) is 102 cm³/mol. The smallest absolute Gasteiger partial charge is 0.287 e. The summed E-state index contributed by atoms with van der Waals surface area (Å²) in [5.74, 6) is -0.310. The first-order chi connectivity index (χ1) is 12.6. The predicted octanol–water partition coefficient (Wildman–Crippen LogP) is 3.14. The van der Waals surface area contributed by atoms with Crippen molar-refractivity contribution in [1.82, 2.24) is 14.7 Å². The van der Waals surface area contributed by atoms with Gasteiger partial charge in [0, 0.05) is 25.5 Å². The fraction of sp³-hybridized carbons (Fsp3) is 0.250. The number of para-hydroxylation sites is 1. The van der Waals surface area contributed by atoms with E-state index in [4.69, 9.17) is 0 Å². The number of unbranched alkanes of at least 4 members (excludes halogenated alkanes) is 1. The summed E-state index contributed by atoms with van der Waals surface area (Å²) in [6.45, 7) is 2.65. The quantitative estimate of drug-likeness (QED) is 0.695. The standard InChI is InChI=1S/C20H22N4O2/c1-3-4-13-21-19(25)18-22-17(16-12-8-9-14-24(16)18)20(26)23(2)15-10-6-5-7-11-15/h5-12,14H,3-4,13H2,1-2H3,(H,21,25). The molecule has 0 saturated carbocycles. The Balaban J connectivity index is 1.96. The number of aromatic nitrogens is 2. The van der Waals surface area contributed by atoms with Crippen LogP contribution in [0.5, 0.6) is 0 Å². The second-order valence-corrected chi connectivity index (χ2v) is 6.05. The number of imidazole rings is 1. The van der Waals surface area contributed by atoms with E-state index in [0.717, 1.165) is 18.5 Å². The molecule has 2 aromatic heterocycles. The molecule has 1 aromatic carbocycles. The van der Waals surface area contributed by atoms with E-state index in [-0.39, 0.29) is 23.3 Å². The van der Waals surface area contributed by atoms with Crippen molar-refractivity contribution >= 4 is 23.0 Å². The van der Waals surface area contributed by atoms with E-state index in [1.54, 1.807) is 23.7 Å². The Kier molecular flexibility index (Phi) is 5.31. The highest BCUT2D eigenvalue weighted by Crippen LogP contribution is 2.19. The Hall–Kier alpha value is -3.15. The number of carbonyl (C=O) groups excluding carboxylic acids is 2. The lowest BCUT2D eigenvalue weighted by molar-refractivity contribution is 0.0942. The van der Waals surface area contributed by atoms with Gasteiger partial charge in [0.25, 0.3) is 11.8 Å².